The molecule has 0 amide bonds. The van der Waals surface area contributed by atoms with Gasteiger partial charge in [0.2, 0.25) is 0 Å². The maximum absolute atomic E-state index is 5.23. The van der Waals surface area contributed by atoms with E-state index >= 15 is 0 Å². The molecule has 0 bridgehead atoms. The van der Waals surface area contributed by atoms with Crippen LogP contribution in [-0.4, -0.2) is 38.6 Å². The molecule has 0 aromatic heterocycles. The van der Waals surface area contributed by atoms with Gasteiger partial charge in [-0.1, -0.05) is 91.0 Å². The summed E-state index contributed by atoms with van der Waals surface area (Å²) in [5.74, 6) is 0.309. The Morgan fingerprint density at radius 3 is 1.21 bits per heavy atom. The Bertz CT molecular complexity index is 706. The molecule has 28 heavy (non-hydrogen) atoms. The molecule has 0 N–H and O–H groups in total. The van der Waals surface area contributed by atoms with E-state index in [4.69, 9.17) is 14.2 Å². The Morgan fingerprint density at radius 1 is 0.607 bits per heavy atom. The van der Waals surface area contributed by atoms with Crippen molar-refractivity contribution in [1.29, 1.82) is 0 Å². The Balaban J connectivity index is 0.000000177. The molecule has 0 spiro atoms. The van der Waals surface area contributed by atoms with E-state index in [1.165, 1.54) is 16.7 Å². The molecule has 144 valence electrons. The van der Waals surface area contributed by atoms with Gasteiger partial charge < -0.3 is 14.2 Å². The molecule has 5 rings (SSSR count). The van der Waals surface area contributed by atoms with Crippen molar-refractivity contribution in [2.24, 2.45) is 0 Å². The quantitative estimate of drug-likeness (QED) is 0.445. The first kappa shape index (κ1) is 18.9. The summed E-state index contributed by atoms with van der Waals surface area (Å²) in [5.41, 5.74) is 4.00. The van der Waals surface area contributed by atoms with Crippen LogP contribution in [0, 0.1) is 0 Å². The molecule has 2 heterocycles. The van der Waals surface area contributed by atoms with Gasteiger partial charge in [-0.2, -0.15) is 0 Å². The van der Waals surface area contributed by atoms with Gasteiger partial charge in [0.1, 0.15) is 12.2 Å². The van der Waals surface area contributed by atoms with Crippen LogP contribution in [0.3, 0.4) is 0 Å². The smallest absolute Gasteiger partial charge is 0.104 e. The van der Waals surface area contributed by atoms with Gasteiger partial charge in [-0.3, -0.25) is 0 Å². The number of epoxide rings is 2. The predicted octanol–water partition coefficient (Wildman–Crippen LogP) is 4.67. The van der Waals surface area contributed by atoms with Gasteiger partial charge >= 0.3 is 0 Å². The summed E-state index contributed by atoms with van der Waals surface area (Å²) in [6.45, 7) is 3.26. The molecule has 2 saturated heterocycles. The van der Waals surface area contributed by atoms with E-state index in [1.54, 1.807) is 0 Å². The van der Waals surface area contributed by atoms with E-state index in [0.717, 1.165) is 26.4 Å². The lowest BCUT2D eigenvalue weighted by atomic mass is 9.85. The van der Waals surface area contributed by atoms with Crippen LogP contribution in [0.2, 0.25) is 0 Å². The van der Waals surface area contributed by atoms with Crippen LogP contribution < -0.4 is 0 Å². The van der Waals surface area contributed by atoms with Crippen LogP contribution in [0.25, 0.3) is 0 Å². The minimum absolute atomic E-state index is 0.309. The Kier molecular flexibility index (Phi) is 6.51. The topological polar surface area (TPSA) is 34.3 Å². The van der Waals surface area contributed by atoms with Crippen molar-refractivity contribution in [3.05, 3.63) is 108 Å². The Labute approximate surface area is 166 Å². The first-order valence-electron chi connectivity index (χ1n) is 9.86. The standard InChI is InChI=1S/C19H16.C6H10O3/c1-4-10-16(11-5-1)19(17-12-6-2-7-13-17)18-14-8-3-9-15-18;1(5-3-8-5)7-2-6-4-9-6/h1-15,19H;5-6H,1-4H2. The molecule has 0 aliphatic carbocycles. The van der Waals surface area contributed by atoms with E-state index in [-0.39, 0.29) is 0 Å². The van der Waals surface area contributed by atoms with Crippen LogP contribution >= 0.6 is 0 Å². The molecule has 2 aliphatic heterocycles. The number of hydrogen-bond acceptors (Lipinski definition) is 3. The fourth-order valence-corrected chi connectivity index (χ4v) is 3.17. The minimum atomic E-state index is 0.309. The van der Waals surface area contributed by atoms with Crippen molar-refractivity contribution < 1.29 is 14.2 Å². The van der Waals surface area contributed by atoms with Gasteiger partial charge in [0, 0.05) is 5.92 Å². The summed E-state index contributed by atoms with van der Waals surface area (Å²) in [7, 11) is 0. The van der Waals surface area contributed by atoms with E-state index in [2.05, 4.69) is 91.0 Å². The molecule has 2 aliphatic rings. The van der Waals surface area contributed by atoms with Crippen molar-refractivity contribution in [3.8, 4) is 0 Å². The summed E-state index contributed by atoms with van der Waals surface area (Å²) in [5, 5.41) is 0. The fourth-order valence-electron chi connectivity index (χ4n) is 3.17. The summed E-state index contributed by atoms with van der Waals surface area (Å²) in [4.78, 5) is 0. The van der Waals surface area contributed by atoms with Gasteiger partial charge in [-0.15, -0.1) is 0 Å². The van der Waals surface area contributed by atoms with E-state index in [0.29, 0.717) is 18.1 Å². The normalized spacial score (nSPS) is 19.6. The second kappa shape index (κ2) is 9.65. The molecule has 0 radical (unpaired) electrons. The van der Waals surface area contributed by atoms with E-state index < -0.39 is 0 Å². The van der Waals surface area contributed by atoms with Gasteiger partial charge in [-0.25, -0.2) is 0 Å². The molecule has 3 aromatic carbocycles. The van der Waals surface area contributed by atoms with Crippen molar-refractivity contribution in [1.82, 2.24) is 0 Å². The third-order valence-corrected chi connectivity index (χ3v) is 4.81. The summed E-state index contributed by atoms with van der Waals surface area (Å²) in [6, 6.07) is 32.0. The van der Waals surface area contributed by atoms with Gasteiger partial charge in [0.15, 0.2) is 0 Å². The van der Waals surface area contributed by atoms with Crippen LogP contribution in [0.15, 0.2) is 91.0 Å². The lowest BCUT2D eigenvalue weighted by Crippen LogP contribution is -2.06. The van der Waals surface area contributed by atoms with Crippen molar-refractivity contribution in [2.45, 2.75) is 18.1 Å². The first-order valence-corrected chi connectivity index (χ1v) is 9.86. The highest BCUT2D eigenvalue weighted by Crippen LogP contribution is 2.31. The van der Waals surface area contributed by atoms with Crippen LogP contribution in [-0.2, 0) is 14.2 Å². The number of hydrogen-bond donors (Lipinski definition) is 0. The maximum Gasteiger partial charge on any atom is 0.104 e. The molecule has 2 atom stereocenters. The molecule has 3 nitrogen and oxygen atoms in total. The molecule has 0 saturated carbocycles. The van der Waals surface area contributed by atoms with Crippen molar-refractivity contribution in [3.63, 3.8) is 0 Å². The first-order chi connectivity index (χ1) is 13.9. The SMILES string of the molecule is C(OCC1CO1)C1CO1.c1ccc(C(c2ccccc2)c2ccccc2)cc1. The predicted molar refractivity (Wildman–Crippen MR) is 111 cm³/mol. The number of rotatable bonds is 7. The molecule has 2 fully saturated rings. The summed E-state index contributed by atoms with van der Waals surface area (Å²) in [6.07, 6.45) is 0.785. The Morgan fingerprint density at radius 2 is 0.929 bits per heavy atom. The lowest BCUT2D eigenvalue weighted by Gasteiger charge is -2.18. The fraction of sp³-hybridized carbons (Fsp3) is 0.280. The van der Waals surface area contributed by atoms with Gasteiger partial charge in [0.25, 0.3) is 0 Å². The van der Waals surface area contributed by atoms with Crippen LogP contribution in [0.5, 0.6) is 0 Å². The number of benzene rings is 3. The molecule has 3 heteroatoms. The second-order valence-electron chi connectivity index (χ2n) is 7.11. The zero-order chi connectivity index (χ0) is 19.0. The van der Waals surface area contributed by atoms with Gasteiger partial charge in [0.05, 0.1) is 26.4 Å². The number of ether oxygens (including phenoxy) is 3. The third-order valence-electron chi connectivity index (χ3n) is 4.81. The minimum Gasteiger partial charge on any atom is -0.376 e. The van der Waals surface area contributed by atoms with E-state index in [9.17, 15) is 0 Å². The van der Waals surface area contributed by atoms with Gasteiger partial charge in [-0.05, 0) is 16.7 Å². The summed E-state index contributed by atoms with van der Waals surface area (Å²) < 4.78 is 15.1. The molecular weight excluding hydrogens is 348 g/mol. The van der Waals surface area contributed by atoms with Crippen molar-refractivity contribution >= 4 is 0 Å². The summed E-state index contributed by atoms with van der Waals surface area (Å²) >= 11 is 0. The Hall–Kier alpha value is -2.46. The average Bonchev–Trinajstić information content (AvgIpc) is 3.68. The zero-order valence-corrected chi connectivity index (χ0v) is 15.9. The largest absolute Gasteiger partial charge is 0.376 e. The second-order valence-corrected chi connectivity index (χ2v) is 7.11. The zero-order valence-electron chi connectivity index (χ0n) is 15.9. The highest BCUT2D eigenvalue weighted by atomic mass is 16.6. The average molecular weight is 374 g/mol. The van der Waals surface area contributed by atoms with Crippen molar-refractivity contribution in [2.75, 3.05) is 26.4 Å². The monoisotopic (exact) mass is 374 g/mol. The molecular formula is C25H26O3. The third kappa shape index (κ3) is 5.77. The van der Waals surface area contributed by atoms with E-state index in [1.807, 2.05) is 0 Å². The lowest BCUT2D eigenvalue weighted by molar-refractivity contribution is 0.102. The van der Waals surface area contributed by atoms with Crippen LogP contribution in [0.1, 0.15) is 22.6 Å². The van der Waals surface area contributed by atoms with Crippen LogP contribution in [0.4, 0.5) is 0 Å². The highest BCUT2D eigenvalue weighted by Gasteiger charge is 2.26. The highest BCUT2D eigenvalue weighted by molar-refractivity contribution is 5.42. The maximum atomic E-state index is 5.23. The molecule has 3 aromatic rings. The molecule has 2 unspecified atom stereocenters.